The lowest BCUT2D eigenvalue weighted by Crippen LogP contribution is -2.24. The van der Waals surface area contributed by atoms with E-state index in [4.69, 9.17) is 15.6 Å². The van der Waals surface area contributed by atoms with Crippen LogP contribution in [0.25, 0.3) is 10.9 Å². The van der Waals surface area contributed by atoms with Crippen molar-refractivity contribution in [1.82, 2.24) is 4.98 Å². The van der Waals surface area contributed by atoms with Gasteiger partial charge in [0.15, 0.2) is 0 Å². The molecule has 0 saturated carbocycles. The van der Waals surface area contributed by atoms with Crippen LogP contribution in [0.15, 0.2) is 18.2 Å². The van der Waals surface area contributed by atoms with Crippen molar-refractivity contribution in [1.29, 1.82) is 0 Å². The molecular formula is C14H14N2O3. The van der Waals surface area contributed by atoms with Gasteiger partial charge in [-0.1, -0.05) is 0 Å². The number of aromatic nitrogens is 1. The second-order valence-corrected chi connectivity index (χ2v) is 4.72. The number of aromatic carboxylic acids is 1. The van der Waals surface area contributed by atoms with Crippen molar-refractivity contribution < 1.29 is 14.6 Å². The molecule has 3 N–H and O–H groups in total. The summed E-state index contributed by atoms with van der Waals surface area (Å²) in [6.45, 7) is 2.37. The predicted molar refractivity (Wildman–Crippen MR) is 70.6 cm³/mol. The summed E-state index contributed by atoms with van der Waals surface area (Å²) >= 11 is 0. The molecule has 0 radical (unpaired) electrons. The minimum absolute atomic E-state index is 0.0467. The summed E-state index contributed by atoms with van der Waals surface area (Å²) in [5, 5.41) is 9.81. The molecule has 0 fully saturated rings. The molecule has 0 unspecified atom stereocenters. The Hall–Kier alpha value is -2.14. The Morgan fingerprint density at radius 3 is 3.05 bits per heavy atom. The average Bonchev–Trinajstić information content (AvgIpc) is 2.83. The van der Waals surface area contributed by atoms with Gasteiger partial charge in [-0.05, 0) is 25.1 Å². The number of nitrogens with two attached hydrogens (primary N) is 1. The molecular weight excluding hydrogens is 244 g/mol. The molecule has 0 spiro atoms. The molecule has 19 heavy (non-hydrogen) atoms. The molecule has 5 nitrogen and oxygen atoms in total. The minimum Gasteiger partial charge on any atom is -0.488 e. The summed E-state index contributed by atoms with van der Waals surface area (Å²) in [5.74, 6) is -0.217. The van der Waals surface area contributed by atoms with E-state index < -0.39 is 5.97 Å². The van der Waals surface area contributed by atoms with Crippen LogP contribution >= 0.6 is 0 Å². The molecule has 1 aromatic carbocycles. The van der Waals surface area contributed by atoms with Crippen LogP contribution in [0.2, 0.25) is 0 Å². The lowest BCUT2D eigenvalue weighted by molar-refractivity contribution is 0.0697. The third-order valence-corrected chi connectivity index (χ3v) is 3.47. The molecule has 98 valence electrons. The van der Waals surface area contributed by atoms with E-state index in [1.807, 2.05) is 6.92 Å². The normalized spacial score (nSPS) is 17.3. The number of benzene rings is 1. The maximum absolute atomic E-state index is 11.1. The van der Waals surface area contributed by atoms with Crippen LogP contribution in [0.4, 0.5) is 0 Å². The Morgan fingerprint density at radius 2 is 2.37 bits per heavy atom. The standard InChI is InChI=1S/C14H14N2O3/c1-7-10-5-9(6-15)19-13(10)11-4-8(14(17)18)2-3-12(11)16-7/h2-4,9H,5-6,15H2,1H3,(H,17,18)/t9-/m1/s1. The van der Waals surface area contributed by atoms with Crippen LogP contribution in [0.1, 0.15) is 21.6 Å². The lowest BCUT2D eigenvalue weighted by Gasteiger charge is -2.09. The smallest absolute Gasteiger partial charge is 0.335 e. The van der Waals surface area contributed by atoms with Gasteiger partial charge in [0.2, 0.25) is 0 Å². The molecule has 3 rings (SSSR count). The zero-order valence-electron chi connectivity index (χ0n) is 10.5. The number of nitrogens with zero attached hydrogens (tertiary/aromatic N) is 1. The summed E-state index contributed by atoms with van der Waals surface area (Å²) in [7, 11) is 0. The monoisotopic (exact) mass is 258 g/mol. The fourth-order valence-corrected chi connectivity index (χ4v) is 2.47. The van der Waals surface area contributed by atoms with Crippen molar-refractivity contribution in [3.05, 3.63) is 35.0 Å². The van der Waals surface area contributed by atoms with Crippen LogP contribution in [0, 0.1) is 6.92 Å². The van der Waals surface area contributed by atoms with Gasteiger partial charge in [-0.2, -0.15) is 0 Å². The highest BCUT2D eigenvalue weighted by molar-refractivity contribution is 5.96. The van der Waals surface area contributed by atoms with Crippen molar-refractivity contribution in [2.45, 2.75) is 19.4 Å². The average molecular weight is 258 g/mol. The topological polar surface area (TPSA) is 85.4 Å². The summed E-state index contributed by atoms with van der Waals surface area (Å²) in [5.41, 5.74) is 8.58. The van der Waals surface area contributed by atoms with Gasteiger partial charge in [0.1, 0.15) is 11.9 Å². The third-order valence-electron chi connectivity index (χ3n) is 3.47. The molecule has 1 atom stereocenters. The highest BCUT2D eigenvalue weighted by Gasteiger charge is 2.26. The first-order valence-electron chi connectivity index (χ1n) is 6.13. The predicted octanol–water partition coefficient (Wildman–Crippen LogP) is 1.50. The van der Waals surface area contributed by atoms with Crippen LogP contribution in [-0.4, -0.2) is 28.7 Å². The molecule has 1 aromatic heterocycles. The number of ether oxygens (including phenoxy) is 1. The first-order valence-corrected chi connectivity index (χ1v) is 6.13. The SMILES string of the molecule is Cc1nc2ccc(C(=O)O)cc2c2c1C[C@H](CN)O2. The second-order valence-electron chi connectivity index (χ2n) is 4.72. The maximum Gasteiger partial charge on any atom is 0.335 e. The number of carboxylic acids is 1. The Balaban J connectivity index is 2.25. The van der Waals surface area contributed by atoms with Gasteiger partial charge in [-0.15, -0.1) is 0 Å². The molecule has 0 saturated heterocycles. The minimum atomic E-state index is -0.954. The highest BCUT2D eigenvalue weighted by atomic mass is 16.5. The summed E-state index contributed by atoms with van der Waals surface area (Å²) < 4.78 is 5.83. The number of carboxylic acid groups (broad SMARTS) is 1. The van der Waals surface area contributed by atoms with Crippen LogP contribution in [-0.2, 0) is 6.42 Å². The summed E-state index contributed by atoms with van der Waals surface area (Å²) in [6, 6.07) is 4.88. The van der Waals surface area contributed by atoms with Crippen molar-refractivity contribution >= 4 is 16.9 Å². The largest absolute Gasteiger partial charge is 0.488 e. The van der Waals surface area contributed by atoms with Gasteiger partial charge in [0.05, 0.1) is 11.1 Å². The quantitative estimate of drug-likeness (QED) is 0.852. The van der Waals surface area contributed by atoms with E-state index >= 15 is 0 Å². The van der Waals surface area contributed by atoms with Crippen molar-refractivity contribution in [3.8, 4) is 5.75 Å². The second kappa shape index (κ2) is 4.20. The Labute approximate surface area is 110 Å². The van der Waals surface area contributed by atoms with Gasteiger partial charge < -0.3 is 15.6 Å². The molecule has 2 heterocycles. The number of fused-ring (bicyclic) bond motifs is 3. The number of hydrogen-bond donors (Lipinski definition) is 2. The van der Waals surface area contributed by atoms with E-state index in [-0.39, 0.29) is 11.7 Å². The van der Waals surface area contributed by atoms with Gasteiger partial charge in [-0.3, -0.25) is 4.98 Å². The van der Waals surface area contributed by atoms with E-state index in [1.54, 1.807) is 18.2 Å². The van der Waals surface area contributed by atoms with E-state index in [2.05, 4.69) is 4.98 Å². The summed E-state index contributed by atoms with van der Waals surface area (Å²) in [6.07, 6.45) is 0.687. The maximum atomic E-state index is 11.1. The van der Waals surface area contributed by atoms with E-state index in [1.165, 1.54) is 0 Å². The first kappa shape index (κ1) is 11.9. The fraction of sp³-hybridized carbons (Fsp3) is 0.286. The van der Waals surface area contributed by atoms with Crippen LogP contribution in [0.5, 0.6) is 5.75 Å². The first-order chi connectivity index (χ1) is 9.10. The molecule has 0 bridgehead atoms. The zero-order chi connectivity index (χ0) is 13.6. The molecule has 0 aliphatic carbocycles. The van der Waals surface area contributed by atoms with Gasteiger partial charge >= 0.3 is 5.97 Å². The van der Waals surface area contributed by atoms with E-state index in [9.17, 15) is 4.79 Å². The Morgan fingerprint density at radius 1 is 1.58 bits per heavy atom. The van der Waals surface area contributed by atoms with Gasteiger partial charge in [-0.25, -0.2) is 4.79 Å². The molecule has 5 heteroatoms. The highest BCUT2D eigenvalue weighted by Crippen LogP contribution is 2.37. The number of rotatable bonds is 2. The fourth-order valence-electron chi connectivity index (χ4n) is 2.47. The zero-order valence-corrected chi connectivity index (χ0v) is 10.5. The van der Waals surface area contributed by atoms with Crippen molar-refractivity contribution in [2.75, 3.05) is 6.54 Å². The van der Waals surface area contributed by atoms with Gasteiger partial charge in [0, 0.05) is 29.6 Å². The molecule has 1 aliphatic heterocycles. The molecule has 0 amide bonds. The van der Waals surface area contributed by atoms with Gasteiger partial charge in [0.25, 0.3) is 0 Å². The summed E-state index contributed by atoms with van der Waals surface area (Å²) in [4.78, 5) is 15.6. The Bertz CT molecular complexity index is 682. The Kier molecular flexibility index (Phi) is 2.64. The number of aryl methyl sites for hydroxylation is 1. The van der Waals surface area contributed by atoms with Crippen molar-refractivity contribution in [2.24, 2.45) is 5.73 Å². The third kappa shape index (κ3) is 1.82. The lowest BCUT2D eigenvalue weighted by atomic mass is 10.0. The number of carbonyl (C=O) groups is 1. The van der Waals surface area contributed by atoms with E-state index in [0.717, 1.165) is 34.3 Å². The number of hydrogen-bond acceptors (Lipinski definition) is 4. The molecule has 1 aliphatic rings. The van der Waals surface area contributed by atoms with Crippen molar-refractivity contribution in [3.63, 3.8) is 0 Å². The number of pyridine rings is 1. The van der Waals surface area contributed by atoms with Crippen LogP contribution < -0.4 is 10.5 Å². The molecule has 2 aromatic rings. The van der Waals surface area contributed by atoms with Crippen LogP contribution in [0.3, 0.4) is 0 Å². The van der Waals surface area contributed by atoms with E-state index in [0.29, 0.717) is 6.54 Å².